The highest BCUT2D eigenvalue weighted by Gasteiger charge is 2.24. The SMILES string of the molecule is O=C(c1ccccc1F)C1C=c2c(ccc3c2=CCc2cc(Br)ccc2-3)CC1. The standard InChI is InChI=1S/C25H18BrFO/c26-18-9-12-19-16(13-18)8-11-21-20(19)10-7-15-5-6-17(14-23(15)21)25(28)22-3-1-2-4-24(22)27/h1-4,7,9-14,17H,5-6,8H2. The predicted molar refractivity (Wildman–Crippen MR) is 114 cm³/mol. The van der Waals surface area contributed by atoms with E-state index < -0.39 is 5.82 Å². The van der Waals surface area contributed by atoms with E-state index in [2.05, 4.69) is 58.4 Å². The van der Waals surface area contributed by atoms with Crippen LogP contribution in [0, 0.1) is 11.7 Å². The van der Waals surface area contributed by atoms with Gasteiger partial charge in [0.1, 0.15) is 5.82 Å². The zero-order valence-electron chi connectivity index (χ0n) is 15.2. The largest absolute Gasteiger partial charge is 0.293 e. The fraction of sp³-hybridized carbons (Fsp3) is 0.160. The normalized spacial score (nSPS) is 16.9. The molecule has 0 saturated carbocycles. The van der Waals surface area contributed by atoms with Crippen LogP contribution in [0.5, 0.6) is 0 Å². The molecule has 3 heteroatoms. The summed E-state index contributed by atoms with van der Waals surface area (Å²) in [7, 11) is 0. The minimum absolute atomic E-state index is 0.124. The number of rotatable bonds is 2. The monoisotopic (exact) mass is 432 g/mol. The number of hydrogen-bond acceptors (Lipinski definition) is 1. The van der Waals surface area contributed by atoms with E-state index in [1.54, 1.807) is 18.2 Å². The number of fused-ring (bicyclic) bond motifs is 5. The van der Waals surface area contributed by atoms with Crippen molar-refractivity contribution in [3.8, 4) is 11.1 Å². The van der Waals surface area contributed by atoms with E-state index in [1.165, 1.54) is 33.5 Å². The van der Waals surface area contributed by atoms with Gasteiger partial charge in [0.05, 0.1) is 5.56 Å². The highest BCUT2D eigenvalue weighted by Crippen LogP contribution is 2.28. The lowest BCUT2D eigenvalue weighted by Crippen LogP contribution is -2.37. The van der Waals surface area contributed by atoms with Crippen LogP contribution in [0.1, 0.15) is 27.9 Å². The van der Waals surface area contributed by atoms with Gasteiger partial charge >= 0.3 is 0 Å². The Morgan fingerprint density at radius 2 is 1.79 bits per heavy atom. The van der Waals surface area contributed by atoms with Crippen molar-refractivity contribution in [2.45, 2.75) is 19.3 Å². The Kier molecular flexibility index (Phi) is 4.28. The van der Waals surface area contributed by atoms with E-state index in [0.29, 0.717) is 0 Å². The second-order valence-corrected chi connectivity index (χ2v) is 8.38. The number of carbonyl (C=O) groups excluding carboxylic acids is 1. The molecule has 3 aromatic carbocycles. The van der Waals surface area contributed by atoms with Gasteiger partial charge < -0.3 is 0 Å². The van der Waals surface area contributed by atoms with Crippen LogP contribution in [0.4, 0.5) is 4.39 Å². The Balaban J connectivity index is 1.64. The molecule has 2 aliphatic rings. The van der Waals surface area contributed by atoms with Gasteiger partial charge in [-0.05, 0) is 76.2 Å². The van der Waals surface area contributed by atoms with Crippen LogP contribution in [0.25, 0.3) is 23.3 Å². The first kappa shape index (κ1) is 17.6. The van der Waals surface area contributed by atoms with Gasteiger partial charge in [-0.1, -0.05) is 58.4 Å². The van der Waals surface area contributed by atoms with Crippen molar-refractivity contribution in [1.82, 2.24) is 0 Å². The second-order valence-electron chi connectivity index (χ2n) is 7.47. The summed E-state index contributed by atoms with van der Waals surface area (Å²) >= 11 is 3.55. The first-order chi connectivity index (χ1) is 13.6. The number of Topliss-reactive ketones (excluding diaryl/α,β-unsaturated/α-hetero) is 1. The predicted octanol–water partition coefficient (Wildman–Crippen LogP) is 4.82. The number of aryl methyl sites for hydroxylation is 1. The number of ketones is 1. The Morgan fingerprint density at radius 3 is 2.64 bits per heavy atom. The first-order valence-corrected chi connectivity index (χ1v) is 10.3. The van der Waals surface area contributed by atoms with Crippen LogP contribution < -0.4 is 10.4 Å². The fourth-order valence-electron chi connectivity index (χ4n) is 4.42. The van der Waals surface area contributed by atoms with E-state index in [0.717, 1.165) is 29.0 Å². The summed E-state index contributed by atoms with van der Waals surface area (Å²) in [5.74, 6) is -0.843. The Morgan fingerprint density at radius 1 is 0.964 bits per heavy atom. The quantitative estimate of drug-likeness (QED) is 0.530. The second kappa shape index (κ2) is 6.82. The molecule has 5 rings (SSSR count). The molecule has 1 unspecified atom stereocenters. The number of hydrogen-bond donors (Lipinski definition) is 0. The van der Waals surface area contributed by atoms with Crippen molar-refractivity contribution in [2.75, 3.05) is 0 Å². The molecule has 0 aliphatic heterocycles. The zero-order valence-corrected chi connectivity index (χ0v) is 16.8. The number of benzene rings is 3. The van der Waals surface area contributed by atoms with Gasteiger partial charge in [0.25, 0.3) is 0 Å². The molecule has 1 atom stereocenters. The third-order valence-electron chi connectivity index (χ3n) is 5.83. The minimum Gasteiger partial charge on any atom is -0.293 e. The van der Waals surface area contributed by atoms with Crippen molar-refractivity contribution in [1.29, 1.82) is 0 Å². The van der Waals surface area contributed by atoms with Crippen molar-refractivity contribution < 1.29 is 9.18 Å². The maximum absolute atomic E-state index is 14.1. The maximum Gasteiger partial charge on any atom is 0.172 e. The third kappa shape index (κ3) is 2.85. The summed E-state index contributed by atoms with van der Waals surface area (Å²) in [5.41, 5.74) is 5.23. The van der Waals surface area contributed by atoms with Gasteiger partial charge in [0, 0.05) is 10.4 Å². The molecule has 0 saturated heterocycles. The van der Waals surface area contributed by atoms with Crippen LogP contribution in [0.2, 0.25) is 0 Å². The zero-order chi connectivity index (χ0) is 19.3. The third-order valence-corrected chi connectivity index (χ3v) is 6.32. The molecule has 0 spiro atoms. The summed E-state index contributed by atoms with van der Waals surface area (Å²) in [5, 5.41) is 2.35. The van der Waals surface area contributed by atoms with E-state index in [-0.39, 0.29) is 17.3 Å². The lowest BCUT2D eigenvalue weighted by atomic mass is 9.82. The van der Waals surface area contributed by atoms with Crippen molar-refractivity contribution in [2.24, 2.45) is 5.92 Å². The summed E-state index contributed by atoms with van der Waals surface area (Å²) in [6, 6.07) is 17.1. The van der Waals surface area contributed by atoms with E-state index in [1.807, 2.05) is 0 Å². The lowest BCUT2D eigenvalue weighted by Gasteiger charge is -2.21. The summed E-state index contributed by atoms with van der Waals surface area (Å²) in [6.45, 7) is 0. The minimum atomic E-state index is -0.437. The van der Waals surface area contributed by atoms with Crippen LogP contribution in [-0.4, -0.2) is 5.78 Å². The number of carbonyl (C=O) groups is 1. The van der Waals surface area contributed by atoms with E-state index in [4.69, 9.17) is 0 Å². The Bertz CT molecular complexity index is 1240. The molecule has 0 N–H and O–H groups in total. The van der Waals surface area contributed by atoms with Gasteiger partial charge in [0.2, 0.25) is 0 Å². The van der Waals surface area contributed by atoms with Gasteiger partial charge in [-0.15, -0.1) is 0 Å². The molecule has 3 aromatic rings. The van der Waals surface area contributed by atoms with Crippen molar-refractivity contribution in [3.63, 3.8) is 0 Å². The van der Waals surface area contributed by atoms with Gasteiger partial charge in [0.15, 0.2) is 5.78 Å². The van der Waals surface area contributed by atoms with Crippen LogP contribution in [-0.2, 0) is 12.8 Å². The van der Waals surface area contributed by atoms with Crippen molar-refractivity contribution in [3.05, 3.63) is 92.0 Å². The molecule has 0 aromatic heterocycles. The van der Waals surface area contributed by atoms with Gasteiger partial charge in [-0.25, -0.2) is 4.39 Å². The summed E-state index contributed by atoms with van der Waals surface area (Å²) in [6.07, 6.45) is 6.76. The van der Waals surface area contributed by atoms with Crippen LogP contribution in [0.3, 0.4) is 0 Å². The average Bonchev–Trinajstić information content (AvgIpc) is 2.72. The maximum atomic E-state index is 14.1. The van der Waals surface area contributed by atoms with Gasteiger partial charge in [-0.3, -0.25) is 4.79 Å². The smallest absolute Gasteiger partial charge is 0.172 e. The molecule has 138 valence electrons. The molecular weight excluding hydrogens is 415 g/mol. The van der Waals surface area contributed by atoms with Crippen LogP contribution >= 0.6 is 15.9 Å². The Labute approximate surface area is 171 Å². The van der Waals surface area contributed by atoms with Crippen molar-refractivity contribution >= 4 is 33.9 Å². The summed E-state index contributed by atoms with van der Waals surface area (Å²) < 4.78 is 15.2. The lowest BCUT2D eigenvalue weighted by molar-refractivity contribution is 0.0942. The molecule has 0 fully saturated rings. The molecule has 28 heavy (non-hydrogen) atoms. The van der Waals surface area contributed by atoms with E-state index in [9.17, 15) is 9.18 Å². The Hall–Kier alpha value is -2.52. The molecule has 0 amide bonds. The topological polar surface area (TPSA) is 17.1 Å². The highest BCUT2D eigenvalue weighted by atomic mass is 79.9. The molecule has 0 bridgehead atoms. The molecule has 1 nitrogen and oxygen atoms in total. The van der Waals surface area contributed by atoms with Crippen LogP contribution in [0.15, 0.2) is 59.1 Å². The number of halogens is 2. The molecule has 2 aliphatic carbocycles. The molecular formula is C25H18BrFO. The molecule has 0 radical (unpaired) electrons. The fourth-order valence-corrected chi connectivity index (χ4v) is 4.83. The first-order valence-electron chi connectivity index (χ1n) is 9.53. The molecule has 0 heterocycles. The average molecular weight is 433 g/mol. The van der Waals surface area contributed by atoms with Gasteiger partial charge in [-0.2, -0.15) is 0 Å². The van der Waals surface area contributed by atoms with E-state index >= 15 is 0 Å². The summed E-state index contributed by atoms with van der Waals surface area (Å²) in [4.78, 5) is 12.9. The highest BCUT2D eigenvalue weighted by molar-refractivity contribution is 9.10.